The molecule has 0 amide bonds. The Morgan fingerprint density at radius 3 is 2.52 bits per heavy atom. The predicted octanol–water partition coefficient (Wildman–Crippen LogP) is 3.65. The summed E-state index contributed by atoms with van der Waals surface area (Å²) in [6.07, 6.45) is 3.81. The van der Waals surface area contributed by atoms with E-state index in [1.165, 1.54) is 31.5 Å². The number of likely N-dealkylation sites (tertiary alicyclic amines) is 1. The van der Waals surface area contributed by atoms with Gasteiger partial charge in [-0.2, -0.15) is 5.10 Å². The van der Waals surface area contributed by atoms with Gasteiger partial charge in [0, 0.05) is 31.9 Å². The number of nitrogens with one attached hydrogen (secondary N) is 2. The molecule has 1 fully saturated rings. The molecule has 1 aliphatic heterocycles. The first-order valence-electron chi connectivity index (χ1n) is 10.4. The van der Waals surface area contributed by atoms with Crippen LogP contribution in [-0.4, -0.2) is 53.4 Å². The maximum Gasteiger partial charge on any atom is 0.191 e. The summed E-state index contributed by atoms with van der Waals surface area (Å²) >= 11 is 0. The van der Waals surface area contributed by atoms with Gasteiger partial charge in [0.25, 0.3) is 0 Å². The van der Waals surface area contributed by atoms with Crippen LogP contribution in [0.1, 0.15) is 43.1 Å². The van der Waals surface area contributed by atoms with Crippen LogP contribution in [0.2, 0.25) is 0 Å². The van der Waals surface area contributed by atoms with Gasteiger partial charge in [0.05, 0.1) is 11.4 Å². The summed E-state index contributed by atoms with van der Waals surface area (Å²) in [7, 11) is 1.83. The minimum atomic E-state index is 0. The fourth-order valence-electron chi connectivity index (χ4n) is 3.99. The van der Waals surface area contributed by atoms with Gasteiger partial charge in [-0.3, -0.25) is 9.89 Å². The molecule has 2 heterocycles. The Balaban J connectivity index is 0.00000300. The van der Waals surface area contributed by atoms with Gasteiger partial charge in [0.15, 0.2) is 5.96 Å². The van der Waals surface area contributed by atoms with Gasteiger partial charge in [-0.25, -0.2) is 4.68 Å². The summed E-state index contributed by atoms with van der Waals surface area (Å²) in [5, 5.41) is 11.6. The number of guanidine groups is 1. The smallest absolute Gasteiger partial charge is 0.191 e. The molecule has 1 aromatic carbocycles. The molecule has 0 aliphatic carbocycles. The summed E-state index contributed by atoms with van der Waals surface area (Å²) < 4.78 is 2.02. The third-order valence-corrected chi connectivity index (χ3v) is 5.53. The second-order valence-corrected chi connectivity index (χ2v) is 7.58. The van der Waals surface area contributed by atoms with Crippen molar-refractivity contribution in [3.8, 4) is 5.69 Å². The third-order valence-electron chi connectivity index (χ3n) is 5.53. The van der Waals surface area contributed by atoms with Gasteiger partial charge in [-0.15, -0.1) is 24.0 Å². The first-order chi connectivity index (χ1) is 13.6. The SMILES string of the molecule is CCC(CNC(=NC)NCc1ccccc1-n1nc(C)cc1C)N1CCCC1.I. The summed E-state index contributed by atoms with van der Waals surface area (Å²) in [5.41, 5.74) is 4.48. The van der Waals surface area contributed by atoms with Crippen molar-refractivity contribution in [1.29, 1.82) is 0 Å². The van der Waals surface area contributed by atoms with Crippen LogP contribution in [0, 0.1) is 13.8 Å². The second kappa shape index (κ2) is 11.5. The highest BCUT2D eigenvalue weighted by molar-refractivity contribution is 14.0. The van der Waals surface area contributed by atoms with Crippen LogP contribution in [0.4, 0.5) is 0 Å². The van der Waals surface area contributed by atoms with E-state index in [2.05, 4.69) is 69.8 Å². The van der Waals surface area contributed by atoms with E-state index in [9.17, 15) is 0 Å². The molecule has 29 heavy (non-hydrogen) atoms. The minimum Gasteiger partial charge on any atom is -0.355 e. The molecule has 3 rings (SSSR count). The van der Waals surface area contributed by atoms with Gasteiger partial charge in [0.1, 0.15) is 0 Å². The number of hydrogen-bond acceptors (Lipinski definition) is 3. The second-order valence-electron chi connectivity index (χ2n) is 7.58. The molecule has 0 spiro atoms. The number of rotatable bonds is 7. The zero-order valence-corrected chi connectivity index (χ0v) is 20.4. The minimum absolute atomic E-state index is 0. The Morgan fingerprint density at radius 1 is 1.17 bits per heavy atom. The number of aromatic nitrogens is 2. The summed E-state index contributed by atoms with van der Waals surface area (Å²) in [5.74, 6) is 0.848. The molecule has 1 atom stereocenters. The molecule has 0 radical (unpaired) electrons. The van der Waals surface area contributed by atoms with E-state index < -0.39 is 0 Å². The number of nitrogens with zero attached hydrogens (tertiary/aromatic N) is 4. The molecule has 1 aromatic heterocycles. The fourth-order valence-corrected chi connectivity index (χ4v) is 3.99. The molecule has 2 aromatic rings. The Bertz CT molecular complexity index is 794. The van der Waals surface area contributed by atoms with E-state index >= 15 is 0 Å². The molecule has 1 aliphatic rings. The standard InChI is InChI=1S/C22H34N6.HI/c1-5-20(27-12-8-9-13-27)16-25-22(23-4)24-15-19-10-6-7-11-21(19)28-18(3)14-17(2)26-28;/h6-7,10-11,14,20H,5,8-9,12-13,15-16H2,1-4H3,(H2,23,24,25);1H. The summed E-state index contributed by atoms with van der Waals surface area (Å²) in [6.45, 7) is 10.5. The molecular weight excluding hydrogens is 475 g/mol. The van der Waals surface area contributed by atoms with Crippen LogP contribution in [0.15, 0.2) is 35.3 Å². The van der Waals surface area contributed by atoms with Crippen LogP contribution >= 0.6 is 24.0 Å². The average molecular weight is 510 g/mol. The average Bonchev–Trinajstić information content (AvgIpc) is 3.34. The topological polar surface area (TPSA) is 57.5 Å². The third kappa shape index (κ3) is 6.18. The first-order valence-corrected chi connectivity index (χ1v) is 10.4. The lowest BCUT2D eigenvalue weighted by Crippen LogP contribution is -2.46. The molecule has 1 saturated heterocycles. The molecule has 7 heteroatoms. The zero-order valence-electron chi connectivity index (χ0n) is 18.1. The van der Waals surface area contributed by atoms with Crippen molar-refractivity contribution in [2.45, 2.75) is 52.6 Å². The van der Waals surface area contributed by atoms with Crippen molar-refractivity contribution in [3.05, 3.63) is 47.3 Å². The van der Waals surface area contributed by atoms with Crippen LogP contribution in [0.5, 0.6) is 0 Å². The first kappa shape index (κ1) is 23.7. The van der Waals surface area contributed by atoms with Gasteiger partial charge in [-0.1, -0.05) is 25.1 Å². The molecule has 0 bridgehead atoms. The van der Waals surface area contributed by atoms with Crippen molar-refractivity contribution in [2.24, 2.45) is 4.99 Å². The predicted molar refractivity (Wildman–Crippen MR) is 132 cm³/mol. The van der Waals surface area contributed by atoms with Crippen LogP contribution in [0.3, 0.4) is 0 Å². The number of hydrogen-bond donors (Lipinski definition) is 2. The zero-order chi connectivity index (χ0) is 19.9. The lowest BCUT2D eigenvalue weighted by molar-refractivity contribution is 0.236. The number of para-hydroxylation sites is 1. The molecule has 160 valence electrons. The van der Waals surface area contributed by atoms with Crippen LogP contribution in [0.25, 0.3) is 5.69 Å². The lowest BCUT2D eigenvalue weighted by Gasteiger charge is -2.27. The van der Waals surface area contributed by atoms with E-state index in [1.807, 2.05) is 18.7 Å². The monoisotopic (exact) mass is 510 g/mol. The van der Waals surface area contributed by atoms with Crippen molar-refractivity contribution < 1.29 is 0 Å². The number of halogens is 1. The maximum absolute atomic E-state index is 4.64. The highest BCUT2D eigenvalue weighted by atomic mass is 127. The number of aryl methyl sites for hydroxylation is 2. The summed E-state index contributed by atoms with van der Waals surface area (Å²) in [4.78, 5) is 7.01. The molecule has 0 saturated carbocycles. The van der Waals surface area contributed by atoms with Gasteiger partial charge in [0.2, 0.25) is 0 Å². The van der Waals surface area contributed by atoms with Crippen molar-refractivity contribution in [1.82, 2.24) is 25.3 Å². The summed E-state index contributed by atoms with van der Waals surface area (Å²) in [6, 6.07) is 11.1. The highest BCUT2D eigenvalue weighted by Gasteiger charge is 2.20. The molecule has 2 N–H and O–H groups in total. The molecule has 6 nitrogen and oxygen atoms in total. The Kier molecular flexibility index (Phi) is 9.42. The van der Waals surface area contributed by atoms with E-state index in [1.54, 1.807) is 0 Å². The number of benzene rings is 1. The number of aliphatic imine (C=N–C) groups is 1. The normalized spacial score (nSPS) is 15.8. The van der Waals surface area contributed by atoms with Crippen LogP contribution in [-0.2, 0) is 6.54 Å². The van der Waals surface area contributed by atoms with E-state index in [0.717, 1.165) is 36.0 Å². The van der Waals surface area contributed by atoms with Gasteiger partial charge in [-0.05, 0) is 63.9 Å². The Morgan fingerprint density at radius 2 is 1.90 bits per heavy atom. The van der Waals surface area contributed by atoms with E-state index in [-0.39, 0.29) is 24.0 Å². The highest BCUT2D eigenvalue weighted by Crippen LogP contribution is 2.17. The maximum atomic E-state index is 4.64. The van der Waals surface area contributed by atoms with E-state index in [4.69, 9.17) is 0 Å². The van der Waals surface area contributed by atoms with E-state index in [0.29, 0.717) is 12.6 Å². The van der Waals surface area contributed by atoms with Crippen molar-refractivity contribution in [2.75, 3.05) is 26.7 Å². The Hall–Kier alpha value is -1.61. The van der Waals surface area contributed by atoms with Crippen molar-refractivity contribution in [3.63, 3.8) is 0 Å². The molecule has 1 unspecified atom stereocenters. The quantitative estimate of drug-likeness (QED) is 0.339. The molecular formula is C22H35IN6. The van der Waals surface area contributed by atoms with Crippen molar-refractivity contribution >= 4 is 29.9 Å². The Labute approximate surface area is 192 Å². The van der Waals surface area contributed by atoms with Crippen LogP contribution < -0.4 is 10.6 Å². The fraction of sp³-hybridized carbons (Fsp3) is 0.545. The van der Waals surface area contributed by atoms with Gasteiger partial charge < -0.3 is 10.6 Å². The largest absolute Gasteiger partial charge is 0.355 e. The van der Waals surface area contributed by atoms with Gasteiger partial charge >= 0.3 is 0 Å². The lowest BCUT2D eigenvalue weighted by atomic mass is 10.1.